The third kappa shape index (κ3) is 7.59. The molecular weight excluding hydrogens is 936 g/mol. The summed E-state index contributed by atoms with van der Waals surface area (Å²) in [6.07, 6.45) is 0. The van der Waals surface area contributed by atoms with E-state index in [1.807, 2.05) is 121 Å². The average molecular weight is 978 g/mol. The van der Waals surface area contributed by atoms with Crippen LogP contribution >= 0.6 is 25.4 Å². The van der Waals surface area contributed by atoms with Crippen molar-refractivity contribution in [1.82, 2.24) is 18.7 Å². The van der Waals surface area contributed by atoms with E-state index < -0.39 is 33.2 Å². The molecule has 0 N–H and O–H groups in total. The molecule has 1 unspecified atom stereocenters. The fourth-order valence-electron chi connectivity index (χ4n) is 9.18. The summed E-state index contributed by atoms with van der Waals surface area (Å²) in [6.45, 7) is 3.97. The van der Waals surface area contributed by atoms with Crippen LogP contribution in [-0.4, -0.2) is 25.4 Å². The van der Waals surface area contributed by atoms with E-state index in [1.54, 1.807) is 57.0 Å². The first kappa shape index (κ1) is 42.4. The van der Waals surface area contributed by atoms with Crippen molar-refractivity contribution in [3.63, 3.8) is 0 Å². The zero-order valence-electron chi connectivity index (χ0n) is 33.9. The van der Waals surface area contributed by atoms with E-state index in [4.69, 9.17) is 0 Å². The van der Waals surface area contributed by atoms with Gasteiger partial charge in [-0.05, 0) is 30.3 Å². The van der Waals surface area contributed by atoms with Crippen molar-refractivity contribution in [3.05, 3.63) is 264 Å². The maximum atomic E-state index is 15.1. The number of halogens is 1. The molecular formula is C51H41ClN4O4P2Pd+2. The number of benzene rings is 7. The molecule has 8 nitrogen and oxygen atoms in total. The molecule has 0 saturated carbocycles. The van der Waals surface area contributed by atoms with Gasteiger partial charge in [0.1, 0.15) is 10.6 Å². The van der Waals surface area contributed by atoms with Gasteiger partial charge in [-0.15, -0.1) is 29.8 Å². The van der Waals surface area contributed by atoms with Gasteiger partial charge in [-0.1, -0.05) is 146 Å². The van der Waals surface area contributed by atoms with Gasteiger partial charge in [0, 0.05) is 27.5 Å². The Morgan fingerprint density at radius 2 is 0.905 bits per heavy atom. The molecule has 63 heavy (non-hydrogen) atoms. The Kier molecular flexibility index (Phi) is 12.4. The van der Waals surface area contributed by atoms with Crippen LogP contribution in [0, 0.1) is 6.54 Å². The van der Waals surface area contributed by atoms with Gasteiger partial charge in [0.25, 0.3) is 16.7 Å². The Labute approximate surface area is 380 Å². The molecule has 12 heteroatoms. The van der Waals surface area contributed by atoms with Crippen LogP contribution in [0.25, 0.3) is 21.5 Å². The molecule has 0 bridgehead atoms. The van der Waals surface area contributed by atoms with E-state index in [1.165, 1.54) is 4.68 Å². The number of aromatic nitrogens is 4. The summed E-state index contributed by atoms with van der Waals surface area (Å²) in [7, 11) is 0.531. The van der Waals surface area contributed by atoms with Crippen molar-refractivity contribution < 1.29 is 18.2 Å². The van der Waals surface area contributed by atoms with E-state index in [2.05, 4.69) is 70.8 Å². The molecule has 9 aromatic rings. The van der Waals surface area contributed by atoms with Crippen LogP contribution in [0.4, 0.5) is 0 Å². The third-order valence-corrected chi connectivity index (χ3v) is 18.2. The van der Waals surface area contributed by atoms with Crippen LogP contribution in [0.1, 0.15) is 39.6 Å². The SMILES string of the molecule is C[PH+](c1ccccc1[PH+]1[C@@H](c2ccccc2)n2c(=O)c3ccccc3c(=O)n2[C@@H]1c1ccccc1)[C@H](c1ccccc1)n1c(=O)c2ccccc2c(=O)n1[CH-]c1ccccc1.[Cl][Pd+]. The molecule has 4 atom stereocenters. The van der Waals surface area contributed by atoms with E-state index in [9.17, 15) is 14.4 Å². The minimum absolute atomic E-state index is 0.213. The number of nitrogens with zero attached hydrogens (tertiary/aromatic N) is 4. The van der Waals surface area contributed by atoms with Crippen LogP contribution in [-0.2, 0) is 18.2 Å². The zero-order valence-corrected chi connectivity index (χ0v) is 38.2. The number of rotatable bonds is 9. The summed E-state index contributed by atoms with van der Waals surface area (Å²) in [5.41, 5.74) is 2.57. The topological polar surface area (TPSA) is 88.0 Å². The van der Waals surface area contributed by atoms with Crippen molar-refractivity contribution in [1.29, 1.82) is 0 Å². The Bertz CT molecular complexity index is 3230. The summed E-state index contributed by atoms with van der Waals surface area (Å²) in [6, 6.07) is 62.2. The molecule has 0 radical (unpaired) electrons. The van der Waals surface area contributed by atoms with Crippen molar-refractivity contribution >= 4 is 57.5 Å². The Hall–Kier alpha value is -5.90. The first-order valence-electron chi connectivity index (χ1n) is 20.4. The van der Waals surface area contributed by atoms with Gasteiger partial charge >= 0.3 is 27.7 Å². The molecule has 0 fully saturated rings. The van der Waals surface area contributed by atoms with Gasteiger partial charge < -0.3 is 4.79 Å². The van der Waals surface area contributed by atoms with Crippen molar-refractivity contribution in [2.75, 3.05) is 6.66 Å². The van der Waals surface area contributed by atoms with Crippen LogP contribution in [0.15, 0.2) is 213 Å². The van der Waals surface area contributed by atoms with E-state index in [0.29, 0.717) is 21.5 Å². The minimum atomic E-state index is -2.04. The fourth-order valence-corrected chi connectivity index (χ4v) is 16.4. The van der Waals surface area contributed by atoms with Gasteiger partial charge in [-0.2, -0.15) is 9.36 Å². The summed E-state index contributed by atoms with van der Waals surface area (Å²) < 4.78 is 6.65. The molecule has 0 spiro atoms. The summed E-state index contributed by atoms with van der Waals surface area (Å²) in [5, 5.41) is 3.62. The number of hydrogen-bond acceptors (Lipinski definition) is 4. The number of hydrogen-bond donors (Lipinski definition) is 0. The molecule has 0 aliphatic carbocycles. The quantitative estimate of drug-likeness (QED) is 0.0823. The van der Waals surface area contributed by atoms with Crippen molar-refractivity contribution in [2.45, 2.75) is 17.3 Å². The predicted octanol–water partition coefficient (Wildman–Crippen LogP) is 8.75. The fraction of sp³-hybridized carbons (Fsp3) is 0.0784. The molecule has 10 rings (SSSR count). The predicted molar refractivity (Wildman–Crippen MR) is 258 cm³/mol. The molecule has 0 amide bonds. The Morgan fingerprint density at radius 3 is 1.41 bits per heavy atom. The van der Waals surface area contributed by atoms with Crippen LogP contribution in [0.5, 0.6) is 0 Å². The molecule has 1 aliphatic rings. The number of fused-ring (bicyclic) bond motifs is 3. The van der Waals surface area contributed by atoms with Crippen LogP contribution in [0.3, 0.4) is 0 Å². The second-order valence-corrected chi connectivity index (χ2v) is 20.3. The maximum absolute atomic E-state index is 15.1. The first-order valence-corrected chi connectivity index (χ1v) is 26.1. The third-order valence-electron chi connectivity index (χ3n) is 11.9. The molecule has 314 valence electrons. The van der Waals surface area contributed by atoms with E-state index >= 15 is 4.79 Å². The molecule has 1 aliphatic heterocycles. The monoisotopic (exact) mass is 976 g/mol. The first-order chi connectivity index (χ1) is 30.9. The van der Waals surface area contributed by atoms with Gasteiger partial charge in [0.2, 0.25) is 5.56 Å². The van der Waals surface area contributed by atoms with Gasteiger partial charge in [0.05, 0.1) is 33.3 Å². The summed E-state index contributed by atoms with van der Waals surface area (Å²) in [4.78, 5) is 59.7. The Morgan fingerprint density at radius 1 is 0.508 bits per heavy atom. The van der Waals surface area contributed by atoms with Gasteiger partial charge in [-0.3, -0.25) is 19.1 Å². The van der Waals surface area contributed by atoms with Crippen LogP contribution in [0.2, 0.25) is 0 Å². The summed E-state index contributed by atoms with van der Waals surface area (Å²) in [5.74, 6) is -1.51. The van der Waals surface area contributed by atoms with Gasteiger partial charge in [0.15, 0.2) is 17.3 Å². The molecule has 3 heterocycles. The zero-order chi connectivity index (χ0) is 43.6. The van der Waals surface area contributed by atoms with E-state index in [0.717, 1.165) is 32.9 Å². The van der Waals surface area contributed by atoms with Crippen molar-refractivity contribution in [2.24, 2.45) is 0 Å². The summed E-state index contributed by atoms with van der Waals surface area (Å²) >= 11 is 2.22. The van der Waals surface area contributed by atoms with E-state index in [-0.39, 0.29) is 22.2 Å². The second-order valence-electron chi connectivity index (χ2n) is 15.4. The van der Waals surface area contributed by atoms with Crippen molar-refractivity contribution in [3.8, 4) is 0 Å². The van der Waals surface area contributed by atoms with Crippen LogP contribution < -0.4 is 32.8 Å². The second kappa shape index (κ2) is 18.4. The molecule has 2 aromatic heterocycles. The molecule has 7 aromatic carbocycles. The normalized spacial score (nSPS) is 15.6. The average Bonchev–Trinajstić information content (AvgIpc) is 3.72. The standard InChI is InChI=1S/C51H39N4O4P2.ClH.Pd/c1-60(49(36-22-8-3-9-23-36)53-46(57)40-29-15-14-28-39(40)45(56)52(53)34-35-20-6-2-7-21-35)43-32-18-19-33-44(43)61-50(37-24-10-4-11-25-37)54-47(58)41-30-16-17-31-42(41)48(59)55(54)51(61)38-26-12-5-13-27-38;;/h2-34,49-51H,1H3;1H;/q-1;;+2/p+1/t49-,50+,51+,60?;;/m1../s1. The molecule has 0 saturated heterocycles. The Balaban J connectivity index is 0.00000249. The van der Waals surface area contributed by atoms with Gasteiger partial charge in [-0.25, -0.2) is 4.68 Å².